The van der Waals surface area contributed by atoms with Gasteiger partial charge in [0.25, 0.3) is 0 Å². The average Bonchev–Trinajstić information content (AvgIpc) is 1.44. The minimum Gasteiger partial charge on any atom is -0.481 e. The highest BCUT2D eigenvalue weighted by atomic mass is 16.4. The molecule has 0 bridgehead atoms. The molecule has 14 aliphatic rings. The number of rotatable bonds is 11. The number of carboxylic acid groups (broad SMARTS) is 1. The number of carboxylic acids is 1. The van der Waals surface area contributed by atoms with Crippen LogP contribution in [-0.4, -0.2) is 61.7 Å². The van der Waals surface area contributed by atoms with Crippen molar-refractivity contribution in [3.8, 4) is 0 Å². The molecule has 0 aromatic carbocycles. The van der Waals surface area contributed by atoms with Crippen molar-refractivity contribution < 1.29 is 35.1 Å². The summed E-state index contributed by atoms with van der Waals surface area (Å²) in [6.07, 6.45) is 51.0. The third-order valence-electron chi connectivity index (χ3n) is 33.1. The van der Waals surface area contributed by atoms with Crippen molar-refractivity contribution in [3.05, 3.63) is 46.6 Å². The van der Waals surface area contributed by atoms with Crippen molar-refractivity contribution in [2.75, 3.05) is 0 Å². The van der Waals surface area contributed by atoms with Gasteiger partial charge in [0.05, 0.1) is 24.4 Å². The third kappa shape index (κ3) is 13.3. The Bertz CT molecular complexity index is 2720. The van der Waals surface area contributed by atoms with Crippen molar-refractivity contribution in [2.45, 2.75) is 339 Å². The summed E-state index contributed by atoms with van der Waals surface area (Å²) < 4.78 is 0. The number of aliphatic hydroxyl groups excluding tert-OH is 4. The fourth-order valence-corrected chi connectivity index (χ4v) is 27.4. The summed E-state index contributed by atoms with van der Waals surface area (Å²) in [5.74, 6) is 12.3. The molecule has 0 aromatic rings. The molecule has 26 atom stereocenters. The van der Waals surface area contributed by atoms with Gasteiger partial charge in [-0.25, -0.2) is 0 Å². The molecule has 5 N–H and O–H groups in total. The molecule has 0 saturated heterocycles. The maximum atomic E-state index is 12.2. The second kappa shape index (κ2) is 27.9. The number of hydrogen-bond donors (Lipinski definition) is 5. The van der Waals surface area contributed by atoms with Gasteiger partial charge in [-0.2, -0.15) is 0 Å². The normalized spacial score (nSPS) is 47.2. The van der Waals surface area contributed by atoms with Gasteiger partial charge in [0, 0.05) is 12.3 Å². The van der Waals surface area contributed by atoms with E-state index in [9.17, 15) is 30.0 Å². The lowest BCUT2D eigenvalue weighted by molar-refractivity contribution is -0.137. The molecule has 0 amide bonds. The number of ketones is 1. The molecule has 13 unspecified atom stereocenters. The summed E-state index contributed by atoms with van der Waals surface area (Å²) in [6, 6.07) is 0. The van der Waals surface area contributed by atoms with E-state index >= 15 is 0 Å². The van der Waals surface area contributed by atoms with Crippen LogP contribution in [0.4, 0.5) is 0 Å². The summed E-state index contributed by atoms with van der Waals surface area (Å²) in [4.78, 5) is 23.2. The molecule has 92 heavy (non-hydrogen) atoms. The zero-order valence-electron chi connectivity index (χ0n) is 61.2. The Hall–Kier alpha value is -2.06. The van der Waals surface area contributed by atoms with Gasteiger partial charge < -0.3 is 25.5 Å². The van der Waals surface area contributed by atoms with Gasteiger partial charge in [-0.3, -0.25) is 9.59 Å². The maximum absolute atomic E-state index is 12.2. The molecular formula is C85H138O7. The van der Waals surface area contributed by atoms with Gasteiger partial charge in [-0.05, 0) is 339 Å². The fraction of sp³-hybridized carbons (Fsp3) is 0.882. The SMILES string of the molecule is CC(=O)[C@H]1CCC2C3CC=C4C[C@@H](O)CC[C@]4(C)C3CC[C@@]21C.CC(CCC(=O)O)[C@H]1CCC2C3CC=C4CC(O)CC[C@]4(C)C3CC[C@@]21C.CCC(CCC(C)[C@H]1CCC2C3CC=C4C[C@@H](O)CC[C@]4(C)C3CC[C@@]21C)C(C)C.C[C@@]12CCCC=C1C[C@@H](O)CC2. The molecule has 0 aliphatic heterocycles. The van der Waals surface area contributed by atoms with E-state index in [4.69, 9.17) is 5.11 Å². The predicted octanol–water partition coefficient (Wildman–Crippen LogP) is 20.6. The van der Waals surface area contributed by atoms with Crippen LogP contribution >= 0.6 is 0 Å². The van der Waals surface area contributed by atoms with Gasteiger partial charge in [0.1, 0.15) is 5.78 Å². The lowest BCUT2D eigenvalue weighted by atomic mass is 9.47. The van der Waals surface area contributed by atoms with E-state index in [1.54, 1.807) is 16.7 Å². The molecule has 14 rings (SSSR count). The van der Waals surface area contributed by atoms with Crippen molar-refractivity contribution >= 4 is 11.8 Å². The summed E-state index contributed by atoms with van der Waals surface area (Å²) in [7, 11) is 0. The third-order valence-corrected chi connectivity index (χ3v) is 33.1. The van der Waals surface area contributed by atoms with E-state index in [2.05, 4.69) is 107 Å². The number of carbonyl (C=O) groups excluding carboxylic acids is 1. The Morgan fingerprint density at radius 3 is 1.28 bits per heavy atom. The van der Waals surface area contributed by atoms with E-state index in [0.717, 1.165) is 154 Å². The number of carbonyl (C=O) groups is 2. The number of hydrogen-bond acceptors (Lipinski definition) is 6. The highest BCUT2D eigenvalue weighted by Gasteiger charge is 2.63. The molecule has 10 fully saturated rings. The summed E-state index contributed by atoms with van der Waals surface area (Å²) in [5.41, 5.74) is 8.96. The molecule has 0 heterocycles. The Labute approximate surface area is 562 Å². The first-order chi connectivity index (χ1) is 43.5. The van der Waals surface area contributed by atoms with Crippen molar-refractivity contribution in [2.24, 2.45) is 133 Å². The van der Waals surface area contributed by atoms with E-state index in [1.165, 1.54) is 147 Å². The Morgan fingerprint density at radius 2 is 0.859 bits per heavy atom. The topological polar surface area (TPSA) is 135 Å². The first-order valence-electron chi connectivity index (χ1n) is 39.7. The van der Waals surface area contributed by atoms with Crippen LogP contribution in [0.5, 0.6) is 0 Å². The predicted molar refractivity (Wildman–Crippen MR) is 377 cm³/mol. The smallest absolute Gasteiger partial charge is 0.303 e. The second-order valence-electron chi connectivity index (χ2n) is 37.7. The summed E-state index contributed by atoms with van der Waals surface area (Å²) >= 11 is 0. The zero-order valence-corrected chi connectivity index (χ0v) is 61.2. The number of fused-ring (bicyclic) bond motifs is 16. The molecule has 14 aliphatic carbocycles. The first-order valence-corrected chi connectivity index (χ1v) is 39.7. The average molecular weight is 1270 g/mol. The first kappa shape index (κ1) is 71.2. The van der Waals surface area contributed by atoms with Crippen molar-refractivity contribution in [1.82, 2.24) is 0 Å². The zero-order chi connectivity index (χ0) is 66.1. The summed E-state index contributed by atoms with van der Waals surface area (Å²) in [6.45, 7) is 31.5. The van der Waals surface area contributed by atoms with Crippen molar-refractivity contribution in [3.63, 3.8) is 0 Å². The lowest BCUT2D eigenvalue weighted by Gasteiger charge is -2.58. The van der Waals surface area contributed by atoms with Crippen LogP contribution in [0.25, 0.3) is 0 Å². The van der Waals surface area contributed by atoms with Crippen LogP contribution in [-0.2, 0) is 9.59 Å². The highest BCUT2D eigenvalue weighted by Crippen LogP contribution is 2.71. The maximum Gasteiger partial charge on any atom is 0.303 e. The molecule has 0 radical (unpaired) electrons. The number of allylic oxidation sites excluding steroid dienone is 4. The van der Waals surface area contributed by atoms with Crippen LogP contribution in [0.1, 0.15) is 315 Å². The van der Waals surface area contributed by atoms with Gasteiger partial charge >= 0.3 is 5.97 Å². The number of Topliss-reactive ketones (excluding diaryl/α,β-unsaturated/α-hetero) is 1. The number of aliphatic carboxylic acids is 1. The quantitative estimate of drug-likeness (QED) is 0.130. The van der Waals surface area contributed by atoms with Crippen LogP contribution in [0.3, 0.4) is 0 Å². The lowest BCUT2D eigenvalue weighted by Crippen LogP contribution is -2.50. The van der Waals surface area contributed by atoms with Gasteiger partial charge in [-0.15, -0.1) is 0 Å². The van der Waals surface area contributed by atoms with E-state index < -0.39 is 5.97 Å². The Morgan fingerprint density at radius 1 is 0.457 bits per heavy atom. The van der Waals surface area contributed by atoms with Crippen LogP contribution in [0.15, 0.2) is 46.6 Å². The monoisotopic (exact) mass is 1270 g/mol. The standard InChI is InChI=1S/C29H50O.C24H38O3.C21H32O2.C11H18O/c1-7-21(19(2)3)9-8-20(4)25-12-13-26-24-11-10-22-18-23(30)14-16-28(22,5)27(24)15-17-29(25,26)6;1-15(4-9-22(26)27)19-7-8-20-18-6-5-16-14-17(25)10-12-23(16,2)21(18)11-13-24(19,20)3;1-13(22)17-6-7-18-16-5-4-14-12-15(23)8-10-20(14,2)19(16)9-11-21(17,18)3;1-11-6-3-2-4-9(11)8-10(12)5-7-11/h10,19-21,23-27,30H,7-9,11-18H2,1-6H3;5,15,17-21,25H,4,6-14H2,1-3H3,(H,26,27);4,15-19,23H,5-12H2,1-3H3;4,10,12H,2-3,5-8H2,1H3/t20?,21?,23-,24?,25+,26?,27?,28-,29+;15?,17?,18?,19-,20?,21?,23+,24-;15-,16?,17+,18?,19?,20-,21+;10-,11-/m0100/s1. The minimum atomic E-state index is -0.650. The van der Waals surface area contributed by atoms with Crippen LogP contribution < -0.4 is 0 Å². The number of aliphatic hydroxyl groups is 4. The second-order valence-corrected chi connectivity index (χ2v) is 37.7. The molecule has 520 valence electrons. The fourth-order valence-electron chi connectivity index (χ4n) is 27.4. The molecule has 0 spiro atoms. The van der Waals surface area contributed by atoms with E-state index in [1.807, 2.05) is 6.92 Å². The van der Waals surface area contributed by atoms with Gasteiger partial charge in [0.15, 0.2) is 0 Å². The van der Waals surface area contributed by atoms with Crippen LogP contribution in [0, 0.1) is 133 Å². The van der Waals surface area contributed by atoms with Crippen LogP contribution in [0.2, 0.25) is 0 Å². The summed E-state index contributed by atoms with van der Waals surface area (Å²) in [5, 5.41) is 49.1. The van der Waals surface area contributed by atoms with E-state index in [0.29, 0.717) is 62.4 Å². The Kier molecular flexibility index (Phi) is 21.6. The van der Waals surface area contributed by atoms with Crippen molar-refractivity contribution in [1.29, 1.82) is 0 Å². The van der Waals surface area contributed by atoms with Gasteiger partial charge in [0.2, 0.25) is 0 Å². The van der Waals surface area contributed by atoms with E-state index in [-0.39, 0.29) is 29.8 Å². The minimum absolute atomic E-state index is 0.0533. The highest BCUT2D eigenvalue weighted by molar-refractivity contribution is 5.79. The van der Waals surface area contributed by atoms with Gasteiger partial charge in [-0.1, -0.05) is 143 Å². The molecule has 7 nitrogen and oxygen atoms in total. The molecule has 7 heteroatoms. The molecule has 0 aromatic heterocycles. The Balaban J connectivity index is 0.000000130. The molecule has 10 saturated carbocycles. The molecular weight excluding hydrogens is 1130 g/mol. The largest absolute Gasteiger partial charge is 0.481 e.